The van der Waals surface area contributed by atoms with E-state index >= 15 is 0 Å². The molecule has 0 radical (unpaired) electrons. The number of carbonyl (C=O) groups excluding carboxylic acids is 1. The second-order valence-corrected chi connectivity index (χ2v) is 6.39. The molecule has 0 unspecified atom stereocenters. The highest BCUT2D eigenvalue weighted by Crippen LogP contribution is 2.49. The molecule has 1 amide bonds. The van der Waals surface area contributed by atoms with Crippen molar-refractivity contribution in [2.45, 2.75) is 18.3 Å². The molecule has 2 aromatic carbocycles. The van der Waals surface area contributed by atoms with Gasteiger partial charge >= 0.3 is 0 Å². The van der Waals surface area contributed by atoms with Crippen molar-refractivity contribution in [2.24, 2.45) is 0 Å². The predicted molar refractivity (Wildman–Crippen MR) is 97.1 cm³/mol. The third kappa shape index (κ3) is 3.24. The van der Waals surface area contributed by atoms with Crippen molar-refractivity contribution in [1.82, 2.24) is 0 Å². The normalized spacial score (nSPS) is 14.6. The van der Waals surface area contributed by atoms with E-state index in [1.165, 1.54) is 0 Å². The summed E-state index contributed by atoms with van der Waals surface area (Å²) in [4.78, 5) is 12.9. The van der Waals surface area contributed by atoms with E-state index in [1.54, 1.807) is 33.5 Å². The molecule has 0 aliphatic heterocycles. The van der Waals surface area contributed by atoms with Gasteiger partial charge in [0.2, 0.25) is 11.7 Å². The van der Waals surface area contributed by atoms with Crippen LogP contribution in [0.3, 0.4) is 0 Å². The zero-order chi connectivity index (χ0) is 18.0. The maximum Gasteiger partial charge on any atom is 0.235 e. The highest BCUT2D eigenvalue weighted by molar-refractivity contribution is 6.30. The molecule has 2 aromatic rings. The average Bonchev–Trinajstić information content (AvgIpc) is 3.43. The molecule has 0 saturated heterocycles. The lowest BCUT2D eigenvalue weighted by Crippen LogP contribution is -2.27. The van der Waals surface area contributed by atoms with Crippen LogP contribution in [-0.2, 0) is 10.2 Å². The van der Waals surface area contributed by atoms with E-state index in [4.69, 9.17) is 25.8 Å². The molecular weight excluding hydrogens is 342 g/mol. The van der Waals surface area contributed by atoms with Gasteiger partial charge in [-0.3, -0.25) is 4.79 Å². The molecular formula is C19H20ClNO4. The highest BCUT2D eigenvalue weighted by Gasteiger charge is 2.51. The maximum atomic E-state index is 12.9. The van der Waals surface area contributed by atoms with Crippen LogP contribution < -0.4 is 19.5 Å². The van der Waals surface area contributed by atoms with Crippen LogP contribution in [0.5, 0.6) is 17.2 Å². The molecule has 0 spiro atoms. The summed E-state index contributed by atoms with van der Waals surface area (Å²) < 4.78 is 16.0. The smallest absolute Gasteiger partial charge is 0.235 e. The monoisotopic (exact) mass is 361 g/mol. The van der Waals surface area contributed by atoms with Crippen molar-refractivity contribution in [3.8, 4) is 17.2 Å². The fourth-order valence-electron chi connectivity index (χ4n) is 2.94. The first-order valence-corrected chi connectivity index (χ1v) is 8.29. The van der Waals surface area contributed by atoms with E-state index in [0.717, 1.165) is 18.4 Å². The number of nitrogens with one attached hydrogen (secondary N) is 1. The molecule has 0 aromatic heterocycles. The standard InChI is InChI=1S/C19H20ClNO4/c1-23-15-10-14(11-16(24-2)17(15)25-3)21-18(22)19(8-9-19)12-4-6-13(20)7-5-12/h4-7,10-11H,8-9H2,1-3H3,(H,21,22). The third-order valence-electron chi connectivity index (χ3n) is 4.50. The predicted octanol–water partition coefficient (Wildman–Crippen LogP) is 4.04. The number of benzene rings is 2. The zero-order valence-electron chi connectivity index (χ0n) is 14.4. The number of rotatable bonds is 6. The van der Waals surface area contributed by atoms with Crippen LogP contribution in [0.15, 0.2) is 36.4 Å². The second-order valence-electron chi connectivity index (χ2n) is 5.96. The Labute approximate surface area is 151 Å². The van der Waals surface area contributed by atoms with Crippen LogP contribution in [-0.4, -0.2) is 27.2 Å². The van der Waals surface area contributed by atoms with E-state index in [1.807, 2.05) is 24.3 Å². The van der Waals surface area contributed by atoms with Crippen molar-refractivity contribution in [3.05, 3.63) is 47.0 Å². The van der Waals surface area contributed by atoms with Gasteiger partial charge in [-0.15, -0.1) is 0 Å². The summed E-state index contributed by atoms with van der Waals surface area (Å²) in [6.45, 7) is 0. The minimum atomic E-state index is -0.495. The van der Waals surface area contributed by atoms with E-state index in [2.05, 4.69) is 5.32 Å². The Hall–Kier alpha value is -2.40. The second kappa shape index (κ2) is 6.84. The van der Waals surface area contributed by atoms with Gasteiger partial charge in [-0.2, -0.15) is 0 Å². The summed E-state index contributed by atoms with van der Waals surface area (Å²) in [6, 6.07) is 10.9. The van der Waals surface area contributed by atoms with Crippen LogP contribution in [0.1, 0.15) is 18.4 Å². The van der Waals surface area contributed by atoms with Gasteiger partial charge in [-0.1, -0.05) is 23.7 Å². The molecule has 1 fully saturated rings. The van der Waals surface area contributed by atoms with Crippen molar-refractivity contribution in [2.75, 3.05) is 26.6 Å². The number of halogens is 1. The summed E-state index contributed by atoms with van der Waals surface area (Å²) in [5.74, 6) is 1.42. The largest absolute Gasteiger partial charge is 0.493 e. The first kappa shape index (κ1) is 17.4. The summed E-state index contributed by atoms with van der Waals surface area (Å²) >= 11 is 5.95. The van der Waals surface area contributed by atoms with E-state index in [-0.39, 0.29) is 5.91 Å². The molecule has 5 nitrogen and oxygen atoms in total. The van der Waals surface area contributed by atoms with Gasteiger partial charge in [0.1, 0.15) is 0 Å². The Kier molecular flexibility index (Phi) is 4.77. The molecule has 1 aliphatic carbocycles. The van der Waals surface area contributed by atoms with Gasteiger partial charge in [-0.25, -0.2) is 0 Å². The Morgan fingerprint density at radius 2 is 1.56 bits per heavy atom. The van der Waals surface area contributed by atoms with Crippen molar-refractivity contribution < 1.29 is 19.0 Å². The maximum absolute atomic E-state index is 12.9. The first-order valence-electron chi connectivity index (χ1n) is 7.91. The van der Waals surface area contributed by atoms with Crippen LogP contribution in [0.2, 0.25) is 5.02 Å². The van der Waals surface area contributed by atoms with Crippen molar-refractivity contribution in [1.29, 1.82) is 0 Å². The van der Waals surface area contributed by atoms with Crippen LogP contribution in [0, 0.1) is 0 Å². The number of anilines is 1. The van der Waals surface area contributed by atoms with E-state index in [0.29, 0.717) is 28.0 Å². The fraction of sp³-hybridized carbons (Fsp3) is 0.316. The fourth-order valence-corrected chi connectivity index (χ4v) is 3.07. The molecule has 0 bridgehead atoms. The Morgan fingerprint density at radius 3 is 2.00 bits per heavy atom. The van der Waals surface area contributed by atoms with Gasteiger partial charge in [0.25, 0.3) is 0 Å². The lowest BCUT2D eigenvalue weighted by molar-refractivity contribution is -0.118. The first-order chi connectivity index (χ1) is 12.0. The number of carbonyl (C=O) groups is 1. The SMILES string of the molecule is COc1cc(NC(=O)C2(c3ccc(Cl)cc3)CC2)cc(OC)c1OC. The van der Waals surface area contributed by atoms with Crippen LogP contribution >= 0.6 is 11.6 Å². The van der Waals surface area contributed by atoms with Crippen molar-refractivity contribution >= 4 is 23.2 Å². The average molecular weight is 362 g/mol. The number of ether oxygens (including phenoxy) is 3. The summed E-state index contributed by atoms with van der Waals surface area (Å²) in [7, 11) is 4.62. The molecule has 1 N–H and O–H groups in total. The van der Waals surface area contributed by atoms with E-state index in [9.17, 15) is 4.79 Å². The van der Waals surface area contributed by atoms with E-state index < -0.39 is 5.41 Å². The summed E-state index contributed by atoms with van der Waals surface area (Å²) in [5.41, 5.74) is 1.08. The van der Waals surface area contributed by atoms with Gasteiger partial charge < -0.3 is 19.5 Å². The lowest BCUT2D eigenvalue weighted by Gasteiger charge is -2.18. The molecule has 6 heteroatoms. The number of hydrogen-bond donors (Lipinski definition) is 1. The van der Waals surface area contributed by atoms with Gasteiger partial charge in [0, 0.05) is 22.8 Å². The Morgan fingerprint density at radius 1 is 1.00 bits per heavy atom. The Balaban J connectivity index is 1.87. The molecule has 132 valence electrons. The summed E-state index contributed by atoms with van der Waals surface area (Å²) in [5, 5.41) is 3.63. The zero-order valence-corrected chi connectivity index (χ0v) is 15.1. The van der Waals surface area contributed by atoms with Crippen LogP contribution in [0.4, 0.5) is 5.69 Å². The molecule has 3 rings (SSSR count). The molecule has 1 aliphatic rings. The van der Waals surface area contributed by atoms with Gasteiger partial charge in [0.15, 0.2) is 11.5 Å². The lowest BCUT2D eigenvalue weighted by atomic mass is 9.95. The third-order valence-corrected chi connectivity index (χ3v) is 4.76. The van der Waals surface area contributed by atoms with Gasteiger partial charge in [0.05, 0.1) is 26.7 Å². The van der Waals surface area contributed by atoms with Gasteiger partial charge in [-0.05, 0) is 30.5 Å². The Bertz CT molecular complexity index is 760. The minimum Gasteiger partial charge on any atom is -0.493 e. The summed E-state index contributed by atoms with van der Waals surface area (Å²) in [6.07, 6.45) is 1.62. The molecule has 25 heavy (non-hydrogen) atoms. The molecule has 0 heterocycles. The number of amides is 1. The minimum absolute atomic E-state index is 0.0518. The number of methoxy groups -OCH3 is 3. The number of hydrogen-bond acceptors (Lipinski definition) is 4. The molecule has 0 atom stereocenters. The van der Waals surface area contributed by atoms with Crippen molar-refractivity contribution in [3.63, 3.8) is 0 Å². The molecule has 1 saturated carbocycles. The highest BCUT2D eigenvalue weighted by atomic mass is 35.5. The topological polar surface area (TPSA) is 56.8 Å². The quantitative estimate of drug-likeness (QED) is 0.843. The van der Waals surface area contributed by atoms with Crippen LogP contribution in [0.25, 0.3) is 0 Å².